The molecule has 0 atom stereocenters. The van der Waals surface area contributed by atoms with Crippen LogP contribution in [0.15, 0.2) is 127 Å². The highest BCUT2D eigenvalue weighted by atomic mass is 15.2. The summed E-state index contributed by atoms with van der Waals surface area (Å²) in [6.45, 7) is 45.3. The summed E-state index contributed by atoms with van der Waals surface area (Å²) in [5.41, 5.74) is 42.3. The Balaban J connectivity index is 1.05. The van der Waals surface area contributed by atoms with Crippen LogP contribution in [0.2, 0.25) is 0 Å². The highest BCUT2D eigenvalue weighted by molar-refractivity contribution is 5.86. The molecule has 9 aromatic rings. The fraction of sp³-hybridized carbons (Fsp3) is 0.308. The van der Waals surface area contributed by atoms with Gasteiger partial charge in [0.25, 0.3) is 0 Å². The summed E-state index contributed by atoms with van der Waals surface area (Å²) < 4.78 is 0. The number of hydrogen-bond acceptors (Lipinski definition) is 4. The van der Waals surface area contributed by atoms with Crippen molar-refractivity contribution in [2.24, 2.45) is 0 Å². The topological polar surface area (TPSA) is 39.3 Å². The molecular weight excluding hydrogens is 993 g/mol. The number of hydrogen-bond donors (Lipinski definition) is 3. The fourth-order valence-electron chi connectivity index (χ4n) is 14.3. The van der Waals surface area contributed by atoms with E-state index >= 15 is 0 Å². The average Bonchev–Trinajstić information content (AvgIpc) is 3.35. The summed E-state index contributed by atoms with van der Waals surface area (Å²) in [6, 6.07) is 49.4. The lowest BCUT2D eigenvalue weighted by Gasteiger charge is -2.25. The van der Waals surface area contributed by atoms with Crippen molar-refractivity contribution < 1.29 is 0 Å². The SMILES string of the molecule is Cc1cc(C)c(-c2cc(NCCN(CCNc3cc(-c4c(C)cc(C)cc4C)cc(-c4c(C)cc(C)cc4C)c3)CCNc3cc(-c4c(C)cc(C)cc4C)cc(-c4c(C)cc(C)cc4C)c3)cc(-c3c(C)cc(C)cc3C)c2)c(C)c1. The van der Waals surface area contributed by atoms with Gasteiger partial charge in [-0.15, -0.1) is 0 Å². The number of nitrogens with one attached hydrogen (secondary N) is 3. The van der Waals surface area contributed by atoms with Gasteiger partial charge in [0.05, 0.1) is 0 Å². The van der Waals surface area contributed by atoms with Crippen molar-refractivity contribution in [1.82, 2.24) is 4.90 Å². The smallest absolute Gasteiger partial charge is 0.0353 e. The normalized spacial score (nSPS) is 11.5. The second kappa shape index (κ2) is 24.8. The van der Waals surface area contributed by atoms with Crippen molar-refractivity contribution in [1.29, 1.82) is 0 Å². The molecule has 9 rings (SSSR count). The average molecular weight is 1080 g/mol. The summed E-state index contributed by atoms with van der Waals surface area (Å²) in [7, 11) is 0. The van der Waals surface area contributed by atoms with E-state index in [0.717, 1.165) is 56.3 Å². The molecule has 0 fully saturated rings. The molecule has 0 aliphatic rings. The Kier molecular flexibility index (Phi) is 17.9. The van der Waals surface area contributed by atoms with Gasteiger partial charge in [-0.2, -0.15) is 0 Å². The Bertz CT molecular complexity index is 3120. The molecule has 0 amide bonds. The van der Waals surface area contributed by atoms with Gasteiger partial charge in [0.1, 0.15) is 0 Å². The third kappa shape index (κ3) is 13.3. The van der Waals surface area contributed by atoms with Gasteiger partial charge in [-0.25, -0.2) is 0 Å². The molecule has 0 aliphatic carbocycles. The maximum atomic E-state index is 3.99. The van der Waals surface area contributed by atoms with Gasteiger partial charge in [0.2, 0.25) is 0 Å². The first-order chi connectivity index (χ1) is 39.0. The van der Waals surface area contributed by atoms with Gasteiger partial charge in [0.15, 0.2) is 0 Å². The molecule has 0 aromatic heterocycles. The van der Waals surface area contributed by atoms with Gasteiger partial charge >= 0.3 is 0 Å². The lowest BCUT2D eigenvalue weighted by Crippen LogP contribution is -2.36. The van der Waals surface area contributed by atoms with E-state index in [1.807, 2.05) is 0 Å². The lowest BCUT2D eigenvalue weighted by atomic mass is 9.88. The van der Waals surface area contributed by atoms with Crippen LogP contribution in [0.1, 0.15) is 100 Å². The molecule has 0 saturated carbocycles. The van der Waals surface area contributed by atoms with Crippen LogP contribution in [0, 0.1) is 125 Å². The van der Waals surface area contributed by atoms with E-state index < -0.39 is 0 Å². The minimum atomic E-state index is 0.787. The van der Waals surface area contributed by atoms with Crippen LogP contribution in [0.3, 0.4) is 0 Å². The zero-order chi connectivity index (χ0) is 58.8. The number of aryl methyl sites for hydroxylation is 18. The van der Waals surface area contributed by atoms with Gasteiger partial charge < -0.3 is 16.0 Å². The minimum absolute atomic E-state index is 0.787. The maximum absolute atomic E-state index is 3.99. The van der Waals surface area contributed by atoms with Crippen molar-refractivity contribution in [2.45, 2.75) is 125 Å². The lowest BCUT2D eigenvalue weighted by molar-refractivity contribution is 0.306. The van der Waals surface area contributed by atoms with Crippen LogP contribution in [-0.2, 0) is 0 Å². The number of anilines is 3. The van der Waals surface area contributed by atoms with Crippen molar-refractivity contribution in [3.8, 4) is 66.8 Å². The largest absolute Gasteiger partial charge is 0.384 e. The molecule has 422 valence electrons. The fourth-order valence-corrected chi connectivity index (χ4v) is 14.3. The van der Waals surface area contributed by atoms with Gasteiger partial charge in [-0.05, 0) is 313 Å². The van der Waals surface area contributed by atoms with Crippen molar-refractivity contribution in [3.63, 3.8) is 0 Å². The van der Waals surface area contributed by atoms with Gasteiger partial charge in [-0.3, -0.25) is 4.90 Å². The number of benzene rings is 9. The second-order valence-electron chi connectivity index (χ2n) is 24.7. The Morgan fingerprint density at radius 3 is 0.500 bits per heavy atom. The second-order valence-corrected chi connectivity index (χ2v) is 24.7. The molecule has 0 spiro atoms. The van der Waals surface area contributed by atoms with Crippen LogP contribution in [0.4, 0.5) is 17.1 Å². The highest BCUT2D eigenvalue weighted by Crippen LogP contribution is 2.41. The molecule has 0 saturated heterocycles. The zero-order valence-electron chi connectivity index (χ0n) is 52.8. The van der Waals surface area contributed by atoms with E-state index in [1.165, 1.54) is 167 Å². The molecule has 0 heterocycles. The summed E-state index contributed by atoms with van der Waals surface area (Å²) in [6.07, 6.45) is 0. The highest BCUT2D eigenvalue weighted by Gasteiger charge is 2.19. The third-order valence-electron chi connectivity index (χ3n) is 16.9. The van der Waals surface area contributed by atoms with Crippen LogP contribution < -0.4 is 16.0 Å². The van der Waals surface area contributed by atoms with E-state index in [9.17, 15) is 0 Å². The number of nitrogens with zero attached hydrogens (tertiary/aromatic N) is 1. The van der Waals surface area contributed by atoms with Crippen LogP contribution >= 0.6 is 0 Å². The standard InChI is InChI=1S/C78H90N4/c1-46-25-52(7)73(53(8)26-46)64-37-65(74-54(9)27-47(2)28-55(74)10)41-70(40-64)79-19-22-82(23-20-80-71-42-66(75-56(11)29-48(3)30-57(75)12)38-67(43-71)76-58(13)31-49(4)32-59(76)14)24-21-81-72-44-68(77-60(15)33-50(5)34-61(77)16)39-69(45-72)78-62(17)35-51(6)36-63(78)18/h25-45,79-81H,19-24H2,1-18H3. The Morgan fingerprint density at radius 1 is 0.207 bits per heavy atom. The van der Waals surface area contributed by atoms with Crippen LogP contribution in [0.25, 0.3) is 66.8 Å². The third-order valence-corrected chi connectivity index (χ3v) is 16.9. The maximum Gasteiger partial charge on any atom is 0.0353 e. The van der Waals surface area contributed by atoms with E-state index in [1.54, 1.807) is 0 Å². The van der Waals surface area contributed by atoms with Gasteiger partial charge in [-0.1, -0.05) is 106 Å². The summed E-state index contributed by atoms with van der Waals surface area (Å²) in [5, 5.41) is 12.0. The quantitative estimate of drug-likeness (QED) is 0.0801. The van der Waals surface area contributed by atoms with Crippen LogP contribution in [-0.4, -0.2) is 44.2 Å². The molecule has 0 unspecified atom stereocenters. The molecule has 0 bridgehead atoms. The molecular formula is C78H90N4. The Morgan fingerprint density at radius 2 is 0.354 bits per heavy atom. The number of rotatable bonds is 18. The van der Waals surface area contributed by atoms with Crippen molar-refractivity contribution in [3.05, 3.63) is 228 Å². The first-order valence-electron chi connectivity index (χ1n) is 29.9. The van der Waals surface area contributed by atoms with Crippen LogP contribution in [0.5, 0.6) is 0 Å². The molecule has 0 aliphatic heterocycles. The summed E-state index contributed by atoms with van der Waals surface area (Å²) in [4.78, 5) is 2.63. The van der Waals surface area contributed by atoms with E-state index in [0.29, 0.717) is 0 Å². The predicted octanol–water partition coefficient (Wildman–Crippen LogP) is 20.2. The van der Waals surface area contributed by atoms with E-state index in [2.05, 4.69) is 273 Å². The van der Waals surface area contributed by atoms with Crippen molar-refractivity contribution >= 4 is 17.1 Å². The first kappa shape index (κ1) is 59.0. The molecule has 9 aromatic carbocycles. The molecule has 82 heavy (non-hydrogen) atoms. The minimum Gasteiger partial charge on any atom is -0.384 e. The zero-order valence-corrected chi connectivity index (χ0v) is 52.8. The summed E-state index contributed by atoms with van der Waals surface area (Å²) >= 11 is 0. The first-order valence-corrected chi connectivity index (χ1v) is 29.9. The summed E-state index contributed by atoms with van der Waals surface area (Å²) in [5.74, 6) is 0. The molecule has 3 N–H and O–H groups in total. The van der Waals surface area contributed by atoms with E-state index in [-0.39, 0.29) is 0 Å². The molecule has 0 radical (unpaired) electrons. The van der Waals surface area contributed by atoms with Crippen molar-refractivity contribution in [2.75, 3.05) is 55.2 Å². The predicted molar refractivity (Wildman–Crippen MR) is 359 cm³/mol. The van der Waals surface area contributed by atoms with Gasteiger partial charge in [0, 0.05) is 56.3 Å². The monoisotopic (exact) mass is 1080 g/mol. The molecule has 4 nitrogen and oxygen atoms in total. The Hall–Kier alpha value is -7.66. The Labute approximate surface area is 493 Å². The van der Waals surface area contributed by atoms with E-state index in [4.69, 9.17) is 0 Å². The molecule has 4 heteroatoms.